The Morgan fingerprint density at radius 2 is 1.14 bits per heavy atom. The number of hydrogen-bond acceptors (Lipinski definition) is 4. The van der Waals surface area contributed by atoms with Crippen molar-refractivity contribution in [3.05, 3.63) is 69.5 Å². The zero-order valence-corrected chi connectivity index (χ0v) is 11.2. The van der Waals surface area contributed by atoms with Crippen LogP contribution in [0.5, 0.6) is 0 Å². The van der Waals surface area contributed by atoms with Gasteiger partial charge in [-0.05, 0) is 36.4 Å². The minimum Gasteiger partial charge on any atom is -0.268 e. The molecule has 0 fully saturated rings. The van der Waals surface area contributed by atoms with Gasteiger partial charge in [0.25, 0.3) is 11.1 Å². The zero-order valence-electron chi connectivity index (χ0n) is 11.2. The Balaban J connectivity index is 2.21. The maximum atomic E-state index is 12.8. The number of fused-ring (bicyclic) bond motifs is 6. The molecule has 0 aliphatic rings. The third-order valence-corrected chi connectivity index (χ3v) is 3.99. The largest absolute Gasteiger partial charge is 0.280 e. The first-order valence-electron chi connectivity index (χ1n) is 6.78. The van der Waals surface area contributed by atoms with E-state index in [2.05, 4.69) is 9.97 Å². The fourth-order valence-electron chi connectivity index (χ4n) is 3.05. The molecular weight excluding hydrogens is 280 g/mol. The molecule has 0 bridgehead atoms. The van der Waals surface area contributed by atoms with Gasteiger partial charge in [-0.2, -0.15) is 0 Å². The summed E-state index contributed by atoms with van der Waals surface area (Å²) in [5, 5.41) is 0. The Kier molecular flexibility index (Phi) is 1.90. The van der Waals surface area contributed by atoms with Crippen LogP contribution in [-0.4, -0.2) is 18.8 Å². The Morgan fingerprint density at radius 1 is 0.682 bits per heavy atom. The monoisotopic (exact) mass is 288 g/mol. The molecule has 0 radical (unpaired) electrons. The molecule has 5 heterocycles. The van der Waals surface area contributed by atoms with Crippen molar-refractivity contribution in [2.45, 2.75) is 0 Å². The van der Waals surface area contributed by atoms with E-state index in [1.807, 2.05) is 0 Å². The van der Waals surface area contributed by atoms with Crippen LogP contribution in [0.4, 0.5) is 0 Å². The highest BCUT2D eigenvalue weighted by molar-refractivity contribution is 5.88. The van der Waals surface area contributed by atoms with Crippen molar-refractivity contribution >= 4 is 33.1 Å². The molecular formula is C16H8N4O2. The van der Waals surface area contributed by atoms with Gasteiger partial charge in [-0.25, -0.2) is 0 Å². The molecule has 0 aliphatic carbocycles. The van der Waals surface area contributed by atoms with Crippen LogP contribution < -0.4 is 11.1 Å². The van der Waals surface area contributed by atoms with Crippen molar-refractivity contribution in [1.82, 2.24) is 18.8 Å². The van der Waals surface area contributed by atoms with Crippen LogP contribution in [0.3, 0.4) is 0 Å². The molecule has 104 valence electrons. The highest BCUT2D eigenvalue weighted by atomic mass is 16.1. The second kappa shape index (κ2) is 3.67. The van der Waals surface area contributed by atoms with Crippen LogP contribution in [0.15, 0.2) is 58.4 Å². The second-order valence-corrected chi connectivity index (χ2v) is 5.16. The molecule has 0 saturated carbocycles. The summed E-state index contributed by atoms with van der Waals surface area (Å²) in [7, 11) is 0. The van der Waals surface area contributed by atoms with E-state index in [0.29, 0.717) is 33.1 Å². The van der Waals surface area contributed by atoms with Crippen LogP contribution in [-0.2, 0) is 0 Å². The summed E-state index contributed by atoms with van der Waals surface area (Å²) in [5.74, 6) is 0. The van der Waals surface area contributed by atoms with Crippen LogP contribution >= 0.6 is 0 Å². The van der Waals surface area contributed by atoms with Crippen molar-refractivity contribution in [3.8, 4) is 0 Å². The molecule has 0 N–H and O–H groups in total. The van der Waals surface area contributed by atoms with E-state index in [-0.39, 0.29) is 11.1 Å². The van der Waals surface area contributed by atoms with E-state index < -0.39 is 0 Å². The number of aromatic nitrogens is 4. The topological polar surface area (TPSA) is 68.7 Å². The van der Waals surface area contributed by atoms with Gasteiger partial charge in [-0.15, -0.1) is 0 Å². The minimum atomic E-state index is -0.240. The second-order valence-electron chi connectivity index (χ2n) is 5.16. The van der Waals surface area contributed by atoms with Gasteiger partial charge in [0.2, 0.25) is 0 Å². The lowest BCUT2D eigenvalue weighted by Gasteiger charge is -1.99. The van der Waals surface area contributed by atoms with E-state index >= 15 is 0 Å². The Bertz CT molecular complexity index is 1210. The van der Waals surface area contributed by atoms with E-state index in [1.165, 1.54) is 8.80 Å². The van der Waals surface area contributed by atoms with Crippen molar-refractivity contribution in [2.75, 3.05) is 0 Å². The lowest BCUT2D eigenvalue weighted by atomic mass is 10.4. The Labute approximate surface area is 122 Å². The van der Waals surface area contributed by atoms with E-state index in [4.69, 9.17) is 0 Å². The minimum absolute atomic E-state index is 0.240. The maximum Gasteiger partial charge on any atom is 0.280 e. The number of nitrogens with zero attached hydrogens (tertiary/aromatic N) is 4. The summed E-state index contributed by atoms with van der Waals surface area (Å²) in [5.41, 5.74) is 2.71. The molecule has 0 atom stereocenters. The standard InChI is InChI=1S/C16H8N4O2/c21-15-14-8-10-12(4-2-6-18-10)20(14)16(22)13-7-9-11(19(13)15)3-1-5-17-9/h1-8H. The average Bonchev–Trinajstić information content (AvgIpc) is 3.12. The quantitative estimate of drug-likeness (QED) is 0.432. The van der Waals surface area contributed by atoms with Gasteiger partial charge in [-0.3, -0.25) is 28.4 Å². The van der Waals surface area contributed by atoms with Crippen LogP contribution in [0.25, 0.3) is 33.1 Å². The molecule has 0 aliphatic heterocycles. The molecule has 0 saturated heterocycles. The van der Waals surface area contributed by atoms with Gasteiger partial charge >= 0.3 is 0 Å². The zero-order chi connectivity index (χ0) is 14.8. The first-order chi connectivity index (χ1) is 10.8. The Hall–Kier alpha value is -3.28. The molecule has 22 heavy (non-hydrogen) atoms. The third-order valence-electron chi connectivity index (χ3n) is 3.99. The Morgan fingerprint density at radius 3 is 1.59 bits per heavy atom. The molecule has 0 unspecified atom stereocenters. The highest BCUT2D eigenvalue weighted by Crippen LogP contribution is 2.18. The first-order valence-corrected chi connectivity index (χ1v) is 6.78. The smallest absolute Gasteiger partial charge is 0.268 e. The van der Waals surface area contributed by atoms with Gasteiger partial charge in [0.05, 0.1) is 22.1 Å². The molecule has 5 rings (SSSR count). The lowest BCUT2D eigenvalue weighted by molar-refractivity contribution is 1.07. The molecule has 0 spiro atoms. The van der Waals surface area contributed by atoms with Crippen molar-refractivity contribution in [2.24, 2.45) is 0 Å². The highest BCUT2D eigenvalue weighted by Gasteiger charge is 2.16. The average molecular weight is 288 g/mol. The van der Waals surface area contributed by atoms with Gasteiger partial charge in [0.1, 0.15) is 11.0 Å². The summed E-state index contributed by atoms with van der Waals surface area (Å²) in [6.07, 6.45) is 3.28. The predicted molar refractivity (Wildman–Crippen MR) is 82.7 cm³/mol. The SMILES string of the molecule is O=c1c2cc3ncccc3n2c(=O)c2cc3ncccc3n12. The number of hydrogen-bond donors (Lipinski definition) is 0. The molecule has 6 nitrogen and oxygen atoms in total. The summed E-state index contributed by atoms with van der Waals surface area (Å²) >= 11 is 0. The molecule has 0 aromatic carbocycles. The lowest BCUT2D eigenvalue weighted by Crippen LogP contribution is -2.25. The third kappa shape index (κ3) is 1.20. The summed E-state index contributed by atoms with van der Waals surface area (Å²) in [6.45, 7) is 0. The van der Waals surface area contributed by atoms with Crippen LogP contribution in [0.2, 0.25) is 0 Å². The molecule has 0 amide bonds. The van der Waals surface area contributed by atoms with Crippen molar-refractivity contribution < 1.29 is 0 Å². The van der Waals surface area contributed by atoms with Crippen LogP contribution in [0.1, 0.15) is 0 Å². The van der Waals surface area contributed by atoms with Gasteiger partial charge in [-0.1, -0.05) is 0 Å². The molecule has 5 aromatic rings. The van der Waals surface area contributed by atoms with Crippen molar-refractivity contribution in [3.63, 3.8) is 0 Å². The normalized spacial score (nSPS) is 12.0. The van der Waals surface area contributed by atoms with Gasteiger partial charge < -0.3 is 0 Å². The fourth-order valence-corrected chi connectivity index (χ4v) is 3.05. The molecule has 5 aromatic heterocycles. The van der Waals surface area contributed by atoms with E-state index in [0.717, 1.165) is 0 Å². The summed E-state index contributed by atoms with van der Waals surface area (Å²) < 4.78 is 2.86. The summed E-state index contributed by atoms with van der Waals surface area (Å²) in [6, 6.07) is 10.4. The summed E-state index contributed by atoms with van der Waals surface area (Å²) in [4.78, 5) is 34.1. The van der Waals surface area contributed by atoms with E-state index in [9.17, 15) is 9.59 Å². The number of rotatable bonds is 0. The maximum absolute atomic E-state index is 12.8. The van der Waals surface area contributed by atoms with Crippen molar-refractivity contribution in [1.29, 1.82) is 0 Å². The van der Waals surface area contributed by atoms with Crippen LogP contribution in [0, 0.1) is 0 Å². The van der Waals surface area contributed by atoms with Gasteiger partial charge in [0.15, 0.2) is 0 Å². The predicted octanol–water partition coefficient (Wildman–Crippen LogP) is 1.45. The number of pyridine rings is 2. The van der Waals surface area contributed by atoms with Gasteiger partial charge in [0, 0.05) is 12.4 Å². The first kappa shape index (κ1) is 11.4. The fraction of sp³-hybridized carbons (Fsp3) is 0. The molecule has 6 heteroatoms. The van der Waals surface area contributed by atoms with E-state index in [1.54, 1.807) is 48.8 Å².